The number of amides is 1. The van der Waals surface area contributed by atoms with Gasteiger partial charge in [0.25, 0.3) is 0 Å². The third-order valence-corrected chi connectivity index (χ3v) is 2.93. The molecule has 0 saturated heterocycles. The van der Waals surface area contributed by atoms with Crippen molar-refractivity contribution in [3.05, 3.63) is 54.2 Å². The largest absolute Gasteiger partial charge is 0.467 e. The Morgan fingerprint density at radius 2 is 2.16 bits per heavy atom. The van der Waals surface area contributed by atoms with Crippen LogP contribution in [0.4, 0.5) is 0 Å². The highest BCUT2D eigenvalue weighted by Gasteiger charge is 2.14. The van der Waals surface area contributed by atoms with E-state index in [-0.39, 0.29) is 11.8 Å². The lowest BCUT2D eigenvalue weighted by molar-refractivity contribution is -0.121. The first-order valence-corrected chi connectivity index (χ1v) is 6.18. The average Bonchev–Trinajstić information content (AvgIpc) is 2.97. The van der Waals surface area contributed by atoms with Gasteiger partial charge in [-0.2, -0.15) is 0 Å². The van der Waals surface area contributed by atoms with Crippen LogP contribution in [-0.4, -0.2) is 17.4 Å². The molecule has 100 valence electrons. The van der Waals surface area contributed by atoms with Crippen LogP contribution in [0.1, 0.15) is 23.7 Å². The Hall–Kier alpha value is -2.14. The highest BCUT2D eigenvalue weighted by Crippen LogP contribution is 2.17. The summed E-state index contributed by atoms with van der Waals surface area (Å²) in [6.07, 6.45) is 5.36. The number of nitrogens with one attached hydrogen (secondary N) is 1. The van der Waals surface area contributed by atoms with E-state index in [1.165, 1.54) is 0 Å². The molecule has 1 atom stereocenters. The van der Waals surface area contributed by atoms with Crippen molar-refractivity contribution in [3.8, 4) is 0 Å². The van der Waals surface area contributed by atoms with E-state index in [0.717, 1.165) is 11.3 Å². The molecular weight excluding hydrogens is 242 g/mol. The fourth-order valence-corrected chi connectivity index (χ4v) is 1.87. The molecular formula is C14H17N3O2. The van der Waals surface area contributed by atoms with Crippen LogP contribution in [0.15, 0.2) is 47.3 Å². The minimum absolute atomic E-state index is 0.0135. The Labute approximate surface area is 111 Å². The molecule has 1 unspecified atom stereocenters. The minimum atomic E-state index is -0.0383. The lowest BCUT2D eigenvalue weighted by atomic mass is 9.96. The number of furan rings is 1. The summed E-state index contributed by atoms with van der Waals surface area (Å²) in [5.41, 5.74) is 6.76. The summed E-state index contributed by atoms with van der Waals surface area (Å²) in [5, 5.41) is 2.82. The second-order valence-corrected chi connectivity index (χ2v) is 4.27. The number of carbonyl (C=O) groups is 1. The van der Waals surface area contributed by atoms with Crippen molar-refractivity contribution in [2.75, 3.05) is 6.54 Å². The van der Waals surface area contributed by atoms with Gasteiger partial charge in [-0.1, -0.05) is 0 Å². The third-order valence-electron chi connectivity index (χ3n) is 2.93. The molecule has 0 aliphatic carbocycles. The van der Waals surface area contributed by atoms with E-state index in [9.17, 15) is 4.79 Å². The van der Waals surface area contributed by atoms with Gasteiger partial charge in [0.1, 0.15) is 5.76 Å². The summed E-state index contributed by atoms with van der Waals surface area (Å²) in [6, 6.07) is 7.39. The molecule has 5 heteroatoms. The molecule has 0 aliphatic rings. The van der Waals surface area contributed by atoms with Gasteiger partial charge < -0.3 is 15.5 Å². The van der Waals surface area contributed by atoms with Crippen molar-refractivity contribution in [2.24, 2.45) is 5.73 Å². The van der Waals surface area contributed by atoms with Crippen LogP contribution < -0.4 is 11.1 Å². The minimum Gasteiger partial charge on any atom is -0.467 e. The number of hydrogen-bond donors (Lipinski definition) is 2. The Bertz CT molecular complexity index is 497. The molecule has 3 N–H and O–H groups in total. The first-order chi connectivity index (χ1) is 9.29. The van der Waals surface area contributed by atoms with Gasteiger partial charge in [0.2, 0.25) is 5.91 Å². The SMILES string of the molecule is NCC(CC(=O)NCc1ccco1)c1ccncc1. The van der Waals surface area contributed by atoms with Crippen molar-refractivity contribution in [1.82, 2.24) is 10.3 Å². The Morgan fingerprint density at radius 1 is 1.37 bits per heavy atom. The molecule has 5 nitrogen and oxygen atoms in total. The van der Waals surface area contributed by atoms with Gasteiger partial charge in [-0.25, -0.2) is 0 Å². The van der Waals surface area contributed by atoms with Gasteiger partial charge in [0.15, 0.2) is 0 Å². The zero-order valence-corrected chi connectivity index (χ0v) is 10.6. The van der Waals surface area contributed by atoms with Crippen LogP contribution in [0.2, 0.25) is 0 Å². The molecule has 2 aromatic rings. The predicted molar refractivity (Wildman–Crippen MR) is 71.2 cm³/mol. The smallest absolute Gasteiger partial charge is 0.221 e. The first kappa shape index (κ1) is 13.3. The molecule has 2 heterocycles. The molecule has 0 bridgehead atoms. The number of aromatic nitrogens is 1. The molecule has 0 radical (unpaired) electrons. The Balaban J connectivity index is 1.86. The van der Waals surface area contributed by atoms with E-state index in [1.807, 2.05) is 18.2 Å². The number of carbonyl (C=O) groups excluding carboxylic acids is 1. The van der Waals surface area contributed by atoms with Crippen LogP contribution in [0.25, 0.3) is 0 Å². The maximum absolute atomic E-state index is 11.9. The van der Waals surface area contributed by atoms with Crippen molar-refractivity contribution >= 4 is 5.91 Å². The molecule has 1 amide bonds. The van der Waals surface area contributed by atoms with E-state index >= 15 is 0 Å². The first-order valence-electron chi connectivity index (χ1n) is 6.18. The predicted octanol–water partition coefficient (Wildman–Crippen LogP) is 1.42. The van der Waals surface area contributed by atoms with E-state index in [0.29, 0.717) is 19.5 Å². The molecule has 2 aromatic heterocycles. The standard InChI is InChI=1S/C14H17N3O2/c15-9-12(11-3-5-16-6-4-11)8-14(18)17-10-13-2-1-7-19-13/h1-7,12H,8-10,15H2,(H,17,18). The van der Waals surface area contributed by atoms with E-state index in [2.05, 4.69) is 10.3 Å². The van der Waals surface area contributed by atoms with Crippen LogP contribution in [0.3, 0.4) is 0 Å². The second kappa shape index (κ2) is 6.70. The summed E-state index contributed by atoms with van der Waals surface area (Å²) < 4.78 is 5.15. The fraction of sp³-hybridized carbons (Fsp3) is 0.286. The van der Waals surface area contributed by atoms with Gasteiger partial charge in [-0.05, 0) is 36.4 Å². The monoisotopic (exact) mass is 259 g/mol. The van der Waals surface area contributed by atoms with Gasteiger partial charge in [0.05, 0.1) is 12.8 Å². The zero-order valence-electron chi connectivity index (χ0n) is 10.6. The van der Waals surface area contributed by atoms with Crippen LogP contribution in [0.5, 0.6) is 0 Å². The second-order valence-electron chi connectivity index (χ2n) is 4.27. The van der Waals surface area contributed by atoms with Gasteiger partial charge in [-0.3, -0.25) is 9.78 Å². The summed E-state index contributed by atoms with van der Waals surface area (Å²) in [4.78, 5) is 15.8. The van der Waals surface area contributed by atoms with Crippen molar-refractivity contribution in [1.29, 1.82) is 0 Å². The molecule has 0 saturated carbocycles. The Morgan fingerprint density at radius 3 is 2.79 bits per heavy atom. The van der Waals surface area contributed by atoms with E-state index in [1.54, 1.807) is 24.7 Å². The van der Waals surface area contributed by atoms with Crippen molar-refractivity contribution in [3.63, 3.8) is 0 Å². The molecule has 0 aromatic carbocycles. The number of nitrogens with two attached hydrogens (primary N) is 1. The fourth-order valence-electron chi connectivity index (χ4n) is 1.87. The van der Waals surface area contributed by atoms with Crippen LogP contribution >= 0.6 is 0 Å². The summed E-state index contributed by atoms with van der Waals surface area (Å²) in [7, 11) is 0. The normalized spacial score (nSPS) is 12.1. The number of rotatable bonds is 6. The molecule has 2 rings (SSSR count). The van der Waals surface area contributed by atoms with E-state index in [4.69, 9.17) is 10.2 Å². The van der Waals surface area contributed by atoms with Gasteiger partial charge in [0, 0.05) is 24.7 Å². The average molecular weight is 259 g/mol. The lowest BCUT2D eigenvalue weighted by Gasteiger charge is -2.14. The lowest BCUT2D eigenvalue weighted by Crippen LogP contribution is -2.26. The van der Waals surface area contributed by atoms with Gasteiger partial charge >= 0.3 is 0 Å². The van der Waals surface area contributed by atoms with Crippen molar-refractivity contribution < 1.29 is 9.21 Å². The van der Waals surface area contributed by atoms with Crippen LogP contribution in [-0.2, 0) is 11.3 Å². The van der Waals surface area contributed by atoms with Crippen molar-refractivity contribution in [2.45, 2.75) is 18.9 Å². The maximum Gasteiger partial charge on any atom is 0.221 e. The highest BCUT2D eigenvalue weighted by molar-refractivity contribution is 5.76. The summed E-state index contributed by atoms with van der Waals surface area (Å²) in [5.74, 6) is 0.713. The third kappa shape index (κ3) is 3.93. The highest BCUT2D eigenvalue weighted by atomic mass is 16.3. The van der Waals surface area contributed by atoms with Gasteiger partial charge in [-0.15, -0.1) is 0 Å². The van der Waals surface area contributed by atoms with Crippen LogP contribution in [0, 0.1) is 0 Å². The van der Waals surface area contributed by atoms with E-state index < -0.39 is 0 Å². The Kier molecular flexibility index (Phi) is 4.69. The number of hydrogen-bond acceptors (Lipinski definition) is 4. The molecule has 19 heavy (non-hydrogen) atoms. The number of pyridine rings is 1. The summed E-state index contributed by atoms with van der Waals surface area (Å²) >= 11 is 0. The number of nitrogens with zero attached hydrogens (tertiary/aromatic N) is 1. The zero-order chi connectivity index (χ0) is 13.5. The molecule has 0 spiro atoms. The quantitative estimate of drug-likeness (QED) is 0.822. The topological polar surface area (TPSA) is 81.2 Å². The maximum atomic E-state index is 11.9. The molecule has 0 aliphatic heterocycles. The molecule has 0 fully saturated rings. The summed E-state index contributed by atoms with van der Waals surface area (Å²) in [6.45, 7) is 0.831.